The van der Waals surface area contributed by atoms with E-state index >= 15 is 0 Å². The first-order valence-electron chi connectivity index (χ1n) is 8.86. The minimum absolute atomic E-state index is 0.0458. The van der Waals surface area contributed by atoms with Gasteiger partial charge in [-0.25, -0.2) is 17.6 Å². The van der Waals surface area contributed by atoms with Gasteiger partial charge in [0.25, 0.3) is 5.91 Å². The molecule has 9 heteroatoms. The van der Waals surface area contributed by atoms with Crippen molar-refractivity contribution in [1.82, 2.24) is 9.62 Å². The summed E-state index contributed by atoms with van der Waals surface area (Å²) < 4.78 is 45.7. The number of hydrogen-bond donors (Lipinski definition) is 1. The predicted octanol–water partition coefficient (Wildman–Crippen LogP) is 2.07. The molecule has 27 heavy (non-hydrogen) atoms. The second-order valence-corrected chi connectivity index (χ2v) is 8.65. The van der Waals surface area contributed by atoms with Crippen molar-refractivity contribution < 1.29 is 27.1 Å². The Bertz CT molecular complexity index is 821. The van der Waals surface area contributed by atoms with Crippen LogP contribution in [-0.4, -0.2) is 50.3 Å². The normalized spacial score (nSPS) is 17.8. The van der Waals surface area contributed by atoms with Gasteiger partial charge in [-0.15, -0.1) is 0 Å². The number of carbonyl (C=O) groups excluding carboxylic acids is 2. The van der Waals surface area contributed by atoms with Crippen LogP contribution in [0.25, 0.3) is 0 Å². The topological polar surface area (TPSA) is 92.8 Å². The quantitative estimate of drug-likeness (QED) is 0.738. The van der Waals surface area contributed by atoms with Gasteiger partial charge in [0.2, 0.25) is 10.0 Å². The van der Waals surface area contributed by atoms with Gasteiger partial charge in [-0.05, 0) is 44.4 Å². The Hall–Kier alpha value is -2.00. The molecule has 1 aliphatic rings. The summed E-state index contributed by atoms with van der Waals surface area (Å²) in [5.74, 6) is -2.22. The third-order valence-electron chi connectivity index (χ3n) is 4.86. The van der Waals surface area contributed by atoms with Crippen LogP contribution in [0.15, 0.2) is 23.1 Å². The average molecular weight is 400 g/mol. The third kappa shape index (κ3) is 4.47. The molecule has 0 bridgehead atoms. The monoisotopic (exact) mass is 400 g/mol. The predicted molar refractivity (Wildman–Crippen MR) is 97.2 cm³/mol. The van der Waals surface area contributed by atoms with E-state index in [0.29, 0.717) is 13.1 Å². The second kappa shape index (κ2) is 8.35. The number of carbonyl (C=O) groups is 2. The van der Waals surface area contributed by atoms with Gasteiger partial charge in [0, 0.05) is 18.7 Å². The van der Waals surface area contributed by atoms with Gasteiger partial charge < -0.3 is 10.1 Å². The molecule has 0 saturated carbocycles. The summed E-state index contributed by atoms with van der Waals surface area (Å²) in [5.41, 5.74) is -1.32. The van der Waals surface area contributed by atoms with Crippen molar-refractivity contribution in [1.29, 1.82) is 0 Å². The molecule has 1 N–H and O–H groups in total. The summed E-state index contributed by atoms with van der Waals surface area (Å²) in [6.07, 6.45) is 2.63. The summed E-state index contributed by atoms with van der Waals surface area (Å²) in [6, 6.07) is 3.16. The largest absolute Gasteiger partial charge is 0.467 e. The van der Waals surface area contributed by atoms with Gasteiger partial charge in [-0.2, -0.15) is 4.31 Å². The van der Waals surface area contributed by atoms with Crippen LogP contribution in [0.3, 0.4) is 0 Å². The number of nitrogens with zero attached hydrogens (tertiary/aromatic N) is 1. The number of hydrogen-bond acceptors (Lipinski definition) is 5. The molecule has 1 heterocycles. The fraction of sp³-hybridized carbons (Fsp3) is 0.556. The van der Waals surface area contributed by atoms with Crippen molar-refractivity contribution in [2.45, 2.75) is 50.0 Å². The fourth-order valence-electron chi connectivity index (χ4n) is 2.92. The Balaban J connectivity index is 2.33. The van der Waals surface area contributed by atoms with E-state index in [0.717, 1.165) is 31.4 Å². The smallest absolute Gasteiger partial charge is 0.331 e. The van der Waals surface area contributed by atoms with E-state index in [4.69, 9.17) is 4.74 Å². The highest BCUT2D eigenvalue weighted by Crippen LogP contribution is 2.24. The molecule has 1 amide bonds. The summed E-state index contributed by atoms with van der Waals surface area (Å²) in [6.45, 7) is 3.86. The number of ether oxygens (including phenoxy) is 1. The van der Waals surface area contributed by atoms with E-state index in [1.807, 2.05) is 0 Å². The molecule has 0 aliphatic carbocycles. The van der Waals surface area contributed by atoms with Gasteiger partial charge in [-0.1, -0.05) is 13.3 Å². The molecule has 0 spiro atoms. The number of halogens is 1. The molecule has 0 aromatic heterocycles. The molecule has 1 saturated heterocycles. The molecular weight excluding hydrogens is 375 g/mol. The fourth-order valence-corrected chi connectivity index (χ4v) is 4.53. The Kier molecular flexibility index (Phi) is 6.59. The van der Waals surface area contributed by atoms with Crippen LogP contribution in [0.5, 0.6) is 0 Å². The van der Waals surface area contributed by atoms with Crippen LogP contribution in [-0.2, 0) is 19.6 Å². The van der Waals surface area contributed by atoms with Crippen LogP contribution >= 0.6 is 0 Å². The Morgan fingerprint density at radius 1 is 1.26 bits per heavy atom. The number of sulfonamides is 1. The number of methoxy groups -OCH3 is 1. The van der Waals surface area contributed by atoms with Crippen LogP contribution < -0.4 is 5.32 Å². The lowest BCUT2D eigenvalue weighted by Gasteiger charge is -2.27. The molecule has 0 radical (unpaired) electrons. The summed E-state index contributed by atoms with van der Waals surface area (Å²) in [5, 5.41) is 2.54. The number of piperidine rings is 1. The van der Waals surface area contributed by atoms with Crippen molar-refractivity contribution in [2.75, 3.05) is 20.2 Å². The average Bonchev–Trinajstić information content (AvgIpc) is 2.67. The van der Waals surface area contributed by atoms with Crippen LogP contribution in [0.1, 0.15) is 49.9 Å². The molecule has 1 fully saturated rings. The van der Waals surface area contributed by atoms with E-state index < -0.39 is 38.2 Å². The maximum Gasteiger partial charge on any atom is 0.331 e. The van der Waals surface area contributed by atoms with E-state index in [1.165, 1.54) is 24.4 Å². The standard InChI is InChI=1S/C18H25FN2O5S/c1-4-18(2,17(23)26-3)20-16(22)13-8-9-14(19)15(12-13)27(24,25)21-10-6-5-7-11-21/h8-9,12H,4-7,10-11H2,1-3H3,(H,20,22). The maximum atomic E-state index is 14.3. The van der Waals surface area contributed by atoms with Gasteiger partial charge in [-0.3, -0.25) is 4.79 Å². The highest BCUT2D eigenvalue weighted by molar-refractivity contribution is 7.89. The number of nitrogens with one attached hydrogen (secondary N) is 1. The number of benzene rings is 1. The van der Waals surface area contributed by atoms with Crippen LogP contribution in [0, 0.1) is 5.82 Å². The van der Waals surface area contributed by atoms with Gasteiger partial charge in [0.1, 0.15) is 16.3 Å². The lowest BCUT2D eigenvalue weighted by Crippen LogP contribution is -2.52. The highest BCUT2D eigenvalue weighted by atomic mass is 32.2. The molecule has 1 unspecified atom stereocenters. The SMILES string of the molecule is CCC(C)(NC(=O)c1ccc(F)c(S(=O)(=O)N2CCCCC2)c1)C(=O)OC. The molecule has 150 valence electrons. The maximum absolute atomic E-state index is 14.3. The number of rotatable bonds is 6. The molecule has 1 aromatic carbocycles. The molecule has 1 atom stereocenters. The van der Waals surface area contributed by atoms with Gasteiger partial charge >= 0.3 is 5.97 Å². The first kappa shape index (κ1) is 21.3. The number of amides is 1. The van der Waals surface area contributed by atoms with Crippen LogP contribution in [0.2, 0.25) is 0 Å². The van der Waals surface area contributed by atoms with Crippen molar-refractivity contribution in [2.24, 2.45) is 0 Å². The van der Waals surface area contributed by atoms with E-state index in [2.05, 4.69) is 5.32 Å². The van der Waals surface area contributed by atoms with E-state index in [-0.39, 0.29) is 12.0 Å². The van der Waals surface area contributed by atoms with Crippen molar-refractivity contribution in [3.05, 3.63) is 29.6 Å². The van der Waals surface area contributed by atoms with E-state index in [9.17, 15) is 22.4 Å². The second-order valence-electron chi connectivity index (χ2n) is 6.74. The highest BCUT2D eigenvalue weighted by Gasteiger charge is 2.35. The minimum Gasteiger partial charge on any atom is -0.467 e. The lowest BCUT2D eigenvalue weighted by atomic mass is 9.98. The number of esters is 1. The van der Waals surface area contributed by atoms with Crippen molar-refractivity contribution in [3.8, 4) is 0 Å². The van der Waals surface area contributed by atoms with Crippen molar-refractivity contribution in [3.63, 3.8) is 0 Å². The first-order valence-corrected chi connectivity index (χ1v) is 10.3. The summed E-state index contributed by atoms with van der Waals surface area (Å²) in [4.78, 5) is 23.9. The van der Waals surface area contributed by atoms with Crippen LogP contribution in [0.4, 0.5) is 4.39 Å². The Morgan fingerprint density at radius 3 is 2.44 bits per heavy atom. The summed E-state index contributed by atoms with van der Waals surface area (Å²) >= 11 is 0. The molecule has 2 rings (SSSR count). The Morgan fingerprint density at radius 2 is 1.89 bits per heavy atom. The summed E-state index contributed by atoms with van der Waals surface area (Å²) in [7, 11) is -2.82. The molecule has 1 aliphatic heterocycles. The Labute approximate surface area is 158 Å². The van der Waals surface area contributed by atoms with Crippen molar-refractivity contribution >= 4 is 21.9 Å². The molecular formula is C18H25FN2O5S. The molecule has 7 nitrogen and oxygen atoms in total. The lowest BCUT2D eigenvalue weighted by molar-refractivity contribution is -0.147. The zero-order valence-electron chi connectivity index (χ0n) is 15.7. The third-order valence-corrected chi connectivity index (χ3v) is 6.77. The minimum atomic E-state index is -4.03. The molecule has 1 aromatic rings. The van der Waals surface area contributed by atoms with Gasteiger partial charge in [0.15, 0.2) is 0 Å². The van der Waals surface area contributed by atoms with E-state index in [1.54, 1.807) is 6.92 Å². The van der Waals surface area contributed by atoms with Gasteiger partial charge in [0.05, 0.1) is 7.11 Å². The zero-order valence-corrected chi connectivity index (χ0v) is 16.6. The first-order chi connectivity index (χ1) is 12.7. The zero-order chi connectivity index (χ0) is 20.2.